The van der Waals surface area contributed by atoms with Crippen LogP contribution in [0.2, 0.25) is 0 Å². The van der Waals surface area contributed by atoms with Crippen LogP contribution < -0.4 is 15.8 Å². The van der Waals surface area contributed by atoms with E-state index in [-0.39, 0.29) is 29.7 Å². The first-order valence-electron chi connectivity index (χ1n) is 9.11. The van der Waals surface area contributed by atoms with Gasteiger partial charge in [0, 0.05) is 49.3 Å². The van der Waals surface area contributed by atoms with Crippen molar-refractivity contribution in [1.29, 1.82) is 0 Å². The first-order chi connectivity index (χ1) is 12.9. The molecule has 1 aliphatic rings. The van der Waals surface area contributed by atoms with Crippen LogP contribution in [0.25, 0.3) is 0 Å². The number of hydrogen-bond donors (Lipinski definition) is 2. The van der Waals surface area contributed by atoms with E-state index in [1.54, 1.807) is 18.9 Å². The van der Waals surface area contributed by atoms with Crippen LogP contribution in [0.5, 0.6) is 0 Å². The fourth-order valence-corrected chi connectivity index (χ4v) is 3.42. The molecule has 27 heavy (non-hydrogen) atoms. The predicted octanol–water partition coefficient (Wildman–Crippen LogP) is 1.45. The van der Waals surface area contributed by atoms with Crippen molar-refractivity contribution in [2.45, 2.75) is 39.0 Å². The molecule has 0 saturated heterocycles. The van der Waals surface area contributed by atoms with Gasteiger partial charge in [0.2, 0.25) is 11.8 Å². The largest absolute Gasteiger partial charge is 0.355 e. The van der Waals surface area contributed by atoms with Crippen molar-refractivity contribution in [1.82, 2.24) is 15.3 Å². The average Bonchev–Trinajstić information content (AvgIpc) is 2.66. The molecule has 1 aliphatic heterocycles. The number of carbonyl (C=O) groups is 2. The average molecular weight is 368 g/mol. The molecule has 7 nitrogen and oxygen atoms in total. The molecule has 0 spiro atoms. The summed E-state index contributed by atoms with van der Waals surface area (Å²) in [4.78, 5) is 45.4. The fraction of sp³-hybridized carbons (Fsp3) is 0.400. The number of aryl methyl sites for hydroxylation is 2. The summed E-state index contributed by atoms with van der Waals surface area (Å²) < 4.78 is 0. The molecule has 2 N–H and O–H groups in total. The number of nitrogens with one attached hydrogen (secondary N) is 2. The van der Waals surface area contributed by atoms with Crippen LogP contribution >= 0.6 is 0 Å². The van der Waals surface area contributed by atoms with Gasteiger partial charge in [0.05, 0.1) is 6.42 Å². The van der Waals surface area contributed by atoms with E-state index in [1.165, 1.54) is 0 Å². The van der Waals surface area contributed by atoms with Crippen LogP contribution in [0, 0.1) is 6.92 Å². The van der Waals surface area contributed by atoms with Crippen LogP contribution in [0.15, 0.2) is 29.1 Å². The van der Waals surface area contributed by atoms with Gasteiger partial charge in [-0.05, 0) is 18.6 Å². The lowest BCUT2D eigenvalue weighted by Crippen LogP contribution is -2.38. The Labute approximate surface area is 157 Å². The molecule has 1 aromatic heterocycles. The first kappa shape index (κ1) is 18.8. The number of hydrogen-bond acceptors (Lipinski definition) is 4. The number of aromatic amines is 1. The van der Waals surface area contributed by atoms with Crippen molar-refractivity contribution < 1.29 is 9.59 Å². The minimum Gasteiger partial charge on any atom is -0.355 e. The molecule has 0 radical (unpaired) electrons. The van der Waals surface area contributed by atoms with Crippen molar-refractivity contribution >= 4 is 17.5 Å². The van der Waals surface area contributed by atoms with Crippen molar-refractivity contribution in [3.63, 3.8) is 0 Å². The zero-order valence-corrected chi connectivity index (χ0v) is 15.8. The van der Waals surface area contributed by atoms with E-state index in [1.807, 2.05) is 31.2 Å². The van der Waals surface area contributed by atoms with E-state index in [0.29, 0.717) is 36.5 Å². The van der Waals surface area contributed by atoms with E-state index >= 15 is 0 Å². The highest BCUT2D eigenvalue weighted by Crippen LogP contribution is 2.34. The molecule has 3 rings (SSSR count). The Kier molecular flexibility index (Phi) is 5.39. The highest BCUT2D eigenvalue weighted by Gasteiger charge is 2.29. The highest BCUT2D eigenvalue weighted by molar-refractivity contribution is 5.96. The fourth-order valence-electron chi connectivity index (χ4n) is 3.42. The summed E-state index contributed by atoms with van der Waals surface area (Å²) in [5.41, 5.74) is 2.60. The molecular weight excluding hydrogens is 344 g/mol. The molecule has 7 heteroatoms. The van der Waals surface area contributed by atoms with Gasteiger partial charge in [-0.2, -0.15) is 0 Å². The van der Waals surface area contributed by atoms with Crippen molar-refractivity contribution in [2.75, 3.05) is 18.5 Å². The third-order valence-electron chi connectivity index (χ3n) is 5.02. The zero-order chi connectivity index (χ0) is 19.6. The van der Waals surface area contributed by atoms with Crippen LogP contribution in [-0.4, -0.2) is 35.4 Å². The quantitative estimate of drug-likeness (QED) is 0.835. The van der Waals surface area contributed by atoms with Crippen molar-refractivity contribution in [2.24, 2.45) is 0 Å². The summed E-state index contributed by atoms with van der Waals surface area (Å²) >= 11 is 0. The number of H-pyrrole nitrogens is 1. The van der Waals surface area contributed by atoms with Gasteiger partial charge in [-0.3, -0.25) is 14.4 Å². The third kappa shape index (κ3) is 3.92. The molecule has 142 valence electrons. The Hall–Kier alpha value is -2.96. The second-order valence-corrected chi connectivity index (χ2v) is 6.82. The molecule has 0 bridgehead atoms. The molecule has 0 saturated carbocycles. The Morgan fingerprint density at radius 1 is 1.33 bits per heavy atom. The van der Waals surface area contributed by atoms with Gasteiger partial charge in [-0.1, -0.05) is 25.1 Å². The summed E-state index contributed by atoms with van der Waals surface area (Å²) in [5.74, 6) is 0.315. The number of carbonyl (C=O) groups excluding carboxylic acids is 2. The molecule has 2 aromatic rings. The van der Waals surface area contributed by atoms with Gasteiger partial charge in [0.25, 0.3) is 5.56 Å². The summed E-state index contributed by atoms with van der Waals surface area (Å²) in [7, 11) is 1.76. The summed E-state index contributed by atoms with van der Waals surface area (Å²) in [6, 6.07) is 7.72. The van der Waals surface area contributed by atoms with E-state index in [0.717, 1.165) is 11.3 Å². The first-order valence-corrected chi connectivity index (χ1v) is 9.11. The number of benzene rings is 1. The van der Waals surface area contributed by atoms with Crippen LogP contribution in [0.1, 0.15) is 41.9 Å². The number of nitrogens with zero attached hydrogens (tertiary/aromatic N) is 2. The lowest BCUT2D eigenvalue weighted by molar-refractivity contribution is -0.122. The predicted molar refractivity (Wildman–Crippen MR) is 103 cm³/mol. The SMILES string of the molecule is CCc1nc(C)c(CC(=O)NC[C@@H]2CC(=O)N(C)c3ccccc32)c(=O)[nH]1. The zero-order valence-electron chi connectivity index (χ0n) is 15.8. The molecule has 1 aromatic carbocycles. The Morgan fingerprint density at radius 3 is 2.78 bits per heavy atom. The third-order valence-corrected chi connectivity index (χ3v) is 5.02. The summed E-state index contributed by atoms with van der Waals surface area (Å²) in [5, 5.41) is 2.87. The standard InChI is InChI=1S/C20H24N4O3/c1-4-17-22-12(2)15(20(27)23-17)10-18(25)21-11-13-9-19(26)24(3)16-8-6-5-7-14(13)16/h5-8,13H,4,9-11H2,1-3H3,(H,21,25)(H,22,23,27)/t13-/m0/s1. The molecule has 0 unspecified atom stereocenters. The van der Waals surface area contributed by atoms with Gasteiger partial charge in [0.15, 0.2) is 0 Å². The minimum absolute atomic E-state index is 0.0274. The normalized spacial score (nSPS) is 16.2. The Balaban J connectivity index is 1.69. The second kappa shape index (κ2) is 7.73. The summed E-state index contributed by atoms with van der Waals surface area (Å²) in [6.07, 6.45) is 0.951. The number of para-hydroxylation sites is 1. The maximum atomic E-state index is 12.4. The molecule has 2 heterocycles. The molecule has 0 aliphatic carbocycles. The van der Waals surface area contributed by atoms with Crippen molar-refractivity contribution in [3.8, 4) is 0 Å². The van der Waals surface area contributed by atoms with Gasteiger partial charge in [-0.25, -0.2) is 4.98 Å². The second-order valence-electron chi connectivity index (χ2n) is 6.82. The van der Waals surface area contributed by atoms with E-state index in [2.05, 4.69) is 15.3 Å². The minimum atomic E-state index is -0.269. The molecular formula is C20H24N4O3. The lowest BCUT2D eigenvalue weighted by Gasteiger charge is -2.31. The van der Waals surface area contributed by atoms with Gasteiger partial charge < -0.3 is 15.2 Å². The van der Waals surface area contributed by atoms with Crippen LogP contribution in [-0.2, 0) is 22.4 Å². The maximum Gasteiger partial charge on any atom is 0.254 e. The van der Waals surface area contributed by atoms with E-state index in [9.17, 15) is 14.4 Å². The number of fused-ring (bicyclic) bond motifs is 1. The Morgan fingerprint density at radius 2 is 2.07 bits per heavy atom. The van der Waals surface area contributed by atoms with Crippen LogP contribution in [0.4, 0.5) is 5.69 Å². The van der Waals surface area contributed by atoms with Gasteiger partial charge in [0.1, 0.15) is 5.82 Å². The monoisotopic (exact) mass is 368 g/mol. The maximum absolute atomic E-state index is 12.4. The van der Waals surface area contributed by atoms with E-state index in [4.69, 9.17) is 0 Å². The number of aromatic nitrogens is 2. The Bertz CT molecular complexity index is 935. The number of rotatable bonds is 5. The lowest BCUT2D eigenvalue weighted by atomic mass is 9.89. The molecule has 1 atom stereocenters. The summed E-state index contributed by atoms with van der Waals surface area (Å²) in [6.45, 7) is 4.00. The molecule has 2 amide bonds. The number of amides is 2. The number of anilines is 1. The van der Waals surface area contributed by atoms with Gasteiger partial charge in [-0.15, -0.1) is 0 Å². The topological polar surface area (TPSA) is 95.2 Å². The van der Waals surface area contributed by atoms with Crippen molar-refractivity contribution in [3.05, 3.63) is 57.3 Å². The van der Waals surface area contributed by atoms with Crippen LogP contribution in [0.3, 0.4) is 0 Å². The smallest absolute Gasteiger partial charge is 0.254 e. The van der Waals surface area contributed by atoms with Gasteiger partial charge >= 0.3 is 0 Å². The van der Waals surface area contributed by atoms with E-state index < -0.39 is 0 Å². The highest BCUT2D eigenvalue weighted by atomic mass is 16.2. The molecule has 0 fully saturated rings.